The van der Waals surface area contributed by atoms with Crippen LogP contribution in [0.15, 0.2) is 12.2 Å². The molecule has 2 saturated carbocycles. The summed E-state index contributed by atoms with van der Waals surface area (Å²) in [5.74, 6) is -1.70. The first-order valence-electron chi connectivity index (χ1n) is 6.99. The molecule has 2 N–H and O–H groups in total. The Kier molecular flexibility index (Phi) is 4.02. The minimum absolute atomic E-state index is 0.0346. The van der Waals surface area contributed by atoms with Gasteiger partial charge in [0.15, 0.2) is 0 Å². The number of Topliss-reactive ketones (excluding diaryl/α,β-unsaturated/α-hetero) is 1. The lowest BCUT2D eigenvalue weighted by Crippen LogP contribution is -2.57. The summed E-state index contributed by atoms with van der Waals surface area (Å²) in [5, 5.41) is 20.7. The van der Waals surface area contributed by atoms with E-state index >= 15 is 0 Å². The van der Waals surface area contributed by atoms with Crippen molar-refractivity contribution in [1.29, 1.82) is 0 Å². The van der Waals surface area contributed by atoms with E-state index < -0.39 is 35.4 Å². The average molecular weight is 282 g/mol. The van der Waals surface area contributed by atoms with E-state index in [0.717, 1.165) is 0 Å². The fraction of sp³-hybridized carbons (Fsp3) is 0.733. The number of fused-ring (bicyclic) bond motifs is 1. The van der Waals surface area contributed by atoms with Gasteiger partial charge in [-0.3, -0.25) is 4.79 Å². The number of esters is 1. The van der Waals surface area contributed by atoms with Crippen LogP contribution < -0.4 is 0 Å². The van der Waals surface area contributed by atoms with Gasteiger partial charge in [-0.25, -0.2) is 4.79 Å². The summed E-state index contributed by atoms with van der Waals surface area (Å²) in [4.78, 5) is 23.8. The van der Waals surface area contributed by atoms with Crippen LogP contribution >= 0.6 is 0 Å². The Bertz CT molecular complexity index is 444. The second-order valence-corrected chi connectivity index (χ2v) is 6.16. The molecule has 2 aliphatic rings. The molecule has 5 atom stereocenters. The third-order valence-corrected chi connectivity index (χ3v) is 5.13. The zero-order valence-electron chi connectivity index (χ0n) is 12.0. The lowest BCUT2D eigenvalue weighted by atomic mass is 9.54. The van der Waals surface area contributed by atoms with E-state index in [-0.39, 0.29) is 17.8 Å². The van der Waals surface area contributed by atoms with Gasteiger partial charge < -0.3 is 14.9 Å². The Morgan fingerprint density at radius 2 is 2.05 bits per heavy atom. The van der Waals surface area contributed by atoms with Gasteiger partial charge in [0.2, 0.25) is 0 Å². The predicted molar refractivity (Wildman–Crippen MR) is 71.7 cm³/mol. The maximum atomic E-state index is 12.2. The first kappa shape index (κ1) is 15.2. The fourth-order valence-electron chi connectivity index (χ4n) is 3.77. The molecule has 2 fully saturated rings. The molecule has 0 amide bonds. The zero-order chi connectivity index (χ0) is 15.1. The van der Waals surface area contributed by atoms with Gasteiger partial charge in [0, 0.05) is 23.3 Å². The number of aliphatic hydroxyl groups excluding tert-OH is 2. The topological polar surface area (TPSA) is 83.8 Å². The van der Waals surface area contributed by atoms with Crippen molar-refractivity contribution in [3.8, 4) is 0 Å². The molecular formula is C15H22O5. The Hall–Kier alpha value is -1.20. The zero-order valence-corrected chi connectivity index (χ0v) is 12.0. The van der Waals surface area contributed by atoms with Crippen LogP contribution in [0.4, 0.5) is 0 Å². The first-order valence-corrected chi connectivity index (χ1v) is 6.99. The van der Waals surface area contributed by atoms with Crippen molar-refractivity contribution in [1.82, 2.24) is 0 Å². The highest BCUT2D eigenvalue weighted by Gasteiger charge is 2.55. The number of ether oxygens (including phenoxy) is 1. The van der Waals surface area contributed by atoms with Crippen LogP contribution in [0.2, 0.25) is 0 Å². The minimum Gasteiger partial charge on any atom is -0.466 e. The van der Waals surface area contributed by atoms with Gasteiger partial charge in [-0.2, -0.15) is 0 Å². The summed E-state index contributed by atoms with van der Waals surface area (Å²) >= 11 is 0. The molecule has 0 radical (unpaired) electrons. The third kappa shape index (κ3) is 2.19. The van der Waals surface area contributed by atoms with Crippen molar-refractivity contribution >= 4 is 11.8 Å². The second-order valence-electron chi connectivity index (χ2n) is 6.16. The molecule has 0 heterocycles. The van der Waals surface area contributed by atoms with Gasteiger partial charge in [-0.15, -0.1) is 0 Å². The third-order valence-electron chi connectivity index (χ3n) is 5.13. The van der Waals surface area contributed by atoms with Crippen molar-refractivity contribution in [2.24, 2.45) is 17.3 Å². The molecule has 0 aromatic heterocycles. The minimum atomic E-state index is -0.984. The molecule has 0 aliphatic heterocycles. The van der Waals surface area contributed by atoms with Crippen LogP contribution in [0.5, 0.6) is 0 Å². The molecule has 5 heteroatoms. The van der Waals surface area contributed by atoms with Gasteiger partial charge in [0.05, 0.1) is 25.2 Å². The van der Waals surface area contributed by atoms with Gasteiger partial charge in [-0.1, -0.05) is 13.5 Å². The largest absolute Gasteiger partial charge is 0.466 e. The lowest BCUT2D eigenvalue weighted by molar-refractivity contribution is -0.162. The van der Waals surface area contributed by atoms with Crippen LogP contribution in [0, 0.1) is 17.3 Å². The summed E-state index contributed by atoms with van der Waals surface area (Å²) < 4.78 is 4.64. The van der Waals surface area contributed by atoms with E-state index in [9.17, 15) is 19.8 Å². The Labute approximate surface area is 118 Å². The van der Waals surface area contributed by atoms with E-state index in [2.05, 4.69) is 11.3 Å². The van der Waals surface area contributed by atoms with E-state index in [1.165, 1.54) is 7.11 Å². The van der Waals surface area contributed by atoms with Crippen LogP contribution in [0.25, 0.3) is 0 Å². The summed E-state index contributed by atoms with van der Waals surface area (Å²) in [7, 11) is 1.27. The molecule has 112 valence electrons. The van der Waals surface area contributed by atoms with Crippen molar-refractivity contribution in [3.63, 3.8) is 0 Å². The number of hydrogen-bond donors (Lipinski definition) is 2. The number of ketones is 1. The molecule has 0 bridgehead atoms. The highest BCUT2D eigenvalue weighted by molar-refractivity contribution is 5.89. The standard InChI is InChI=1S/C15H22O5/c1-8(14(19)20-3)9-6-7-15(2)11(17)5-4-10(16)12(15)13(9)18/h9,11-13,17-18H,1,4-7H2,2-3H3/t9-,11+,12+,13-,15-/m0/s1. The van der Waals surface area contributed by atoms with Crippen molar-refractivity contribution in [2.75, 3.05) is 7.11 Å². The maximum absolute atomic E-state index is 12.2. The van der Waals surface area contributed by atoms with Crippen molar-refractivity contribution in [3.05, 3.63) is 12.2 Å². The molecule has 2 rings (SSSR count). The van der Waals surface area contributed by atoms with E-state index in [1.54, 1.807) is 0 Å². The highest BCUT2D eigenvalue weighted by atomic mass is 16.5. The SMILES string of the molecule is C=C(C(=O)OC)[C@@H]1CC[C@@]2(C)[C@H](O)CCC(=O)[C@@H]2[C@H]1O. The number of carbonyl (C=O) groups excluding carboxylic acids is 2. The summed E-state index contributed by atoms with van der Waals surface area (Å²) in [6, 6.07) is 0. The predicted octanol–water partition coefficient (Wildman–Crippen LogP) is 0.833. The van der Waals surface area contributed by atoms with Crippen molar-refractivity contribution in [2.45, 2.75) is 44.8 Å². The Morgan fingerprint density at radius 1 is 1.40 bits per heavy atom. The molecule has 0 aromatic carbocycles. The van der Waals surface area contributed by atoms with Crippen LogP contribution in [0.1, 0.15) is 32.6 Å². The number of aliphatic hydroxyl groups is 2. The normalized spacial score (nSPS) is 40.9. The quantitative estimate of drug-likeness (QED) is 0.579. The van der Waals surface area contributed by atoms with E-state index in [0.29, 0.717) is 19.3 Å². The number of hydrogen-bond acceptors (Lipinski definition) is 5. The van der Waals surface area contributed by atoms with Crippen LogP contribution in [-0.2, 0) is 14.3 Å². The monoisotopic (exact) mass is 282 g/mol. The van der Waals surface area contributed by atoms with Gasteiger partial charge in [-0.05, 0) is 19.3 Å². The number of rotatable bonds is 2. The molecular weight excluding hydrogens is 260 g/mol. The first-order chi connectivity index (χ1) is 9.32. The Morgan fingerprint density at radius 3 is 2.65 bits per heavy atom. The summed E-state index contributed by atoms with van der Waals surface area (Å²) in [5.41, 5.74) is -0.406. The van der Waals surface area contributed by atoms with Gasteiger partial charge in [0.25, 0.3) is 0 Å². The average Bonchev–Trinajstić information content (AvgIpc) is 2.42. The molecule has 0 spiro atoms. The second kappa shape index (κ2) is 5.30. The van der Waals surface area contributed by atoms with Crippen LogP contribution in [-0.4, -0.2) is 41.3 Å². The summed E-state index contributed by atoms with van der Waals surface area (Å²) in [6.45, 7) is 5.54. The summed E-state index contributed by atoms with van der Waals surface area (Å²) in [6.07, 6.45) is 0.251. The lowest BCUT2D eigenvalue weighted by Gasteiger charge is -2.51. The molecule has 5 nitrogen and oxygen atoms in total. The Balaban J connectivity index is 2.27. The molecule has 20 heavy (non-hydrogen) atoms. The van der Waals surface area contributed by atoms with Crippen molar-refractivity contribution < 1.29 is 24.5 Å². The molecule has 0 aromatic rings. The van der Waals surface area contributed by atoms with E-state index in [1.807, 2.05) is 6.92 Å². The smallest absolute Gasteiger partial charge is 0.333 e. The number of carbonyl (C=O) groups is 2. The molecule has 0 unspecified atom stereocenters. The van der Waals surface area contributed by atoms with Gasteiger partial charge >= 0.3 is 5.97 Å². The van der Waals surface area contributed by atoms with E-state index in [4.69, 9.17) is 0 Å². The van der Waals surface area contributed by atoms with Crippen LogP contribution in [0.3, 0.4) is 0 Å². The number of methoxy groups -OCH3 is 1. The van der Waals surface area contributed by atoms with Gasteiger partial charge in [0.1, 0.15) is 5.78 Å². The maximum Gasteiger partial charge on any atom is 0.333 e. The molecule has 2 aliphatic carbocycles. The fourth-order valence-corrected chi connectivity index (χ4v) is 3.77. The highest BCUT2D eigenvalue weighted by Crippen LogP contribution is 2.51. The molecule has 0 saturated heterocycles.